The number of amides is 4. The van der Waals surface area contributed by atoms with E-state index in [2.05, 4.69) is 6.92 Å². The molecule has 0 bridgehead atoms. The van der Waals surface area contributed by atoms with Gasteiger partial charge < -0.3 is 0 Å². The Morgan fingerprint density at radius 1 is 0.957 bits per heavy atom. The highest BCUT2D eigenvalue weighted by Crippen LogP contribution is 2.31. The van der Waals surface area contributed by atoms with E-state index in [-0.39, 0.29) is 6.42 Å². The summed E-state index contributed by atoms with van der Waals surface area (Å²) in [5, 5.41) is 0. The lowest BCUT2D eigenvalue weighted by Crippen LogP contribution is -2.68. The van der Waals surface area contributed by atoms with Crippen molar-refractivity contribution in [1.82, 2.24) is 9.80 Å². The van der Waals surface area contributed by atoms with Crippen molar-refractivity contribution in [2.75, 3.05) is 14.1 Å². The van der Waals surface area contributed by atoms with Crippen molar-refractivity contribution in [3.8, 4) is 0 Å². The molecule has 0 atom stereocenters. The first-order valence-corrected chi connectivity index (χ1v) is 8.04. The van der Waals surface area contributed by atoms with Crippen LogP contribution in [0.4, 0.5) is 4.79 Å². The summed E-state index contributed by atoms with van der Waals surface area (Å²) in [6.07, 6.45) is 3.73. The van der Waals surface area contributed by atoms with E-state index in [1.54, 1.807) is 20.8 Å². The van der Waals surface area contributed by atoms with E-state index in [4.69, 9.17) is 9.78 Å². The van der Waals surface area contributed by atoms with E-state index >= 15 is 0 Å². The number of urea groups is 1. The third-order valence-corrected chi connectivity index (χ3v) is 3.69. The Bertz CT molecular complexity index is 446. The Balaban J connectivity index is 3.07. The highest BCUT2D eigenvalue weighted by molar-refractivity contribution is 6.21. The Labute approximate surface area is 137 Å². The second-order valence-corrected chi connectivity index (χ2v) is 6.93. The number of likely N-dealkylation sites (N-methyl/N-ethyl adjacent to an activating group) is 2. The van der Waals surface area contributed by atoms with E-state index < -0.39 is 29.0 Å². The van der Waals surface area contributed by atoms with Crippen LogP contribution >= 0.6 is 0 Å². The van der Waals surface area contributed by atoms with Crippen LogP contribution in [0.5, 0.6) is 0 Å². The third-order valence-electron chi connectivity index (χ3n) is 3.69. The Kier molecular flexibility index (Phi) is 6.30. The monoisotopic (exact) mass is 328 g/mol. The number of carbonyl (C=O) groups is 3. The SMILES string of the molecule is CCCCCCC1(OOC(C)(C)C)C(=O)N(C)C(=O)N(C)C1=O. The van der Waals surface area contributed by atoms with Crippen molar-refractivity contribution >= 4 is 17.8 Å². The van der Waals surface area contributed by atoms with Gasteiger partial charge in [0.1, 0.15) is 0 Å². The van der Waals surface area contributed by atoms with Gasteiger partial charge in [-0.2, -0.15) is 0 Å². The standard InChI is InChI=1S/C16H28N2O5/c1-7-8-9-10-11-16(23-22-15(2,3)4)12(19)17(5)14(21)18(6)13(16)20/h7-11H2,1-6H3. The lowest BCUT2D eigenvalue weighted by molar-refractivity contribution is -0.388. The van der Waals surface area contributed by atoms with Crippen LogP contribution in [-0.4, -0.2) is 52.9 Å². The molecule has 1 aliphatic rings. The molecule has 0 spiro atoms. The number of hydrogen-bond donors (Lipinski definition) is 0. The van der Waals surface area contributed by atoms with Crippen LogP contribution in [-0.2, 0) is 19.4 Å². The Hall–Kier alpha value is -1.47. The van der Waals surface area contributed by atoms with Crippen molar-refractivity contribution < 1.29 is 24.2 Å². The van der Waals surface area contributed by atoms with Gasteiger partial charge in [0, 0.05) is 14.1 Å². The summed E-state index contributed by atoms with van der Waals surface area (Å²) >= 11 is 0. The average molecular weight is 328 g/mol. The van der Waals surface area contributed by atoms with Gasteiger partial charge in [-0.3, -0.25) is 19.4 Å². The van der Waals surface area contributed by atoms with Crippen LogP contribution in [0.1, 0.15) is 59.8 Å². The topological polar surface area (TPSA) is 76.2 Å². The van der Waals surface area contributed by atoms with E-state index in [0.29, 0.717) is 6.42 Å². The van der Waals surface area contributed by atoms with Gasteiger partial charge in [-0.1, -0.05) is 26.2 Å². The van der Waals surface area contributed by atoms with Crippen molar-refractivity contribution in [3.63, 3.8) is 0 Å². The number of nitrogens with zero attached hydrogens (tertiary/aromatic N) is 2. The predicted molar refractivity (Wildman–Crippen MR) is 84.3 cm³/mol. The molecule has 4 amide bonds. The summed E-state index contributed by atoms with van der Waals surface area (Å²) in [5.41, 5.74) is -2.48. The Morgan fingerprint density at radius 2 is 1.48 bits per heavy atom. The van der Waals surface area contributed by atoms with Crippen LogP contribution in [0.3, 0.4) is 0 Å². The van der Waals surface area contributed by atoms with Crippen LogP contribution in [0.25, 0.3) is 0 Å². The molecular formula is C16H28N2O5. The molecule has 1 aliphatic heterocycles. The van der Waals surface area contributed by atoms with Crippen LogP contribution in [0.2, 0.25) is 0 Å². The van der Waals surface area contributed by atoms with E-state index in [9.17, 15) is 14.4 Å². The molecule has 0 aliphatic carbocycles. The van der Waals surface area contributed by atoms with Gasteiger partial charge in [-0.25, -0.2) is 14.6 Å². The molecule has 7 heteroatoms. The first kappa shape index (κ1) is 19.6. The number of barbiturate groups is 1. The molecular weight excluding hydrogens is 300 g/mol. The summed E-state index contributed by atoms with van der Waals surface area (Å²) in [4.78, 5) is 49.7. The summed E-state index contributed by atoms with van der Waals surface area (Å²) in [6, 6.07) is -0.663. The molecule has 0 unspecified atom stereocenters. The zero-order valence-corrected chi connectivity index (χ0v) is 15.0. The number of rotatable bonds is 7. The molecule has 0 aromatic heterocycles. The molecule has 1 fully saturated rings. The number of carbonyl (C=O) groups excluding carboxylic acids is 3. The molecule has 7 nitrogen and oxygen atoms in total. The first-order valence-electron chi connectivity index (χ1n) is 8.04. The highest BCUT2D eigenvalue weighted by atomic mass is 17.2. The smallest absolute Gasteiger partial charge is 0.270 e. The number of unbranched alkanes of at least 4 members (excludes halogenated alkanes) is 3. The lowest BCUT2D eigenvalue weighted by atomic mass is 9.91. The fourth-order valence-corrected chi connectivity index (χ4v) is 2.36. The van der Waals surface area contributed by atoms with Crippen molar-refractivity contribution in [2.24, 2.45) is 0 Å². The maximum absolute atomic E-state index is 12.6. The molecule has 0 saturated carbocycles. The van der Waals surface area contributed by atoms with Gasteiger partial charge in [0.25, 0.3) is 17.4 Å². The molecule has 23 heavy (non-hydrogen) atoms. The molecule has 1 saturated heterocycles. The van der Waals surface area contributed by atoms with Crippen molar-refractivity contribution in [1.29, 1.82) is 0 Å². The van der Waals surface area contributed by atoms with Gasteiger partial charge in [0.15, 0.2) is 0 Å². The highest BCUT2D eigenvalue weighted by Gasteiger charge is 2.58. The van der Waals surface area contributed by atoms with Gasteiger partial charge in [0.2, 0.25) is 0 Å². The van der Waals surface area contributed by atoms with Crippen LogP contribution in [0.15, 0.2) is 0 Å². The molecule has 0 aromatic carbocycles. The van der Waals surface area contributed by atoms with E-state index in [1.807, 2.05) is 0 Å². The lowest BCUT2D eigenvalue weighted by Gasteiger charge is -2.41. The normalized spacial score (nSPS) is 18.8. The van der Waals surface area contributed by atoms with Gasteiger partial charge in [0.05, 0.1) is 5.60 Å². The molecule has 1 heterocycles. The van der Waals surface area contributed by atoms with Gasteiger partial charge >= 0.3 is 6.03 Å². The maximum Gasteiger partial charge on any atom is 0.333 e. The second kappa shape index (κ2) is 7.40. The van der Waals surface area contributed by atoms with Crippen LogP contribution in [0, 0.1) is 0 Å². The minimum atomic E-state index is -1.79. The number of imide groups is 2. The fourth-order valence-electron chi connectivity index (χ4n) is 2.36. The van der Waals surface area contributed by atoms with E-state index in [1.165, 1.54) is 14.1 Å². The zero-order valence-electron chi connectivity index (χ0n) is 15.0. The summed E-state index contributed by atoms with van der Waals surface area (Å²) < 4.78 is 0. The van der Waals surface area contributed by atoms with Crippen LogP contribution < -0.4 is 0 Å². The molecule has 1 rings (SSSR count). The minimum absolute atomic E-state index is 0.183. The fraction of sp³-hybridized carbons (Fsp3) is 0.812. The van der Waals surface area contributed by atoms with Gasteiger partial charge in [-0.05, 0) is 33.6 Å². The largest absolute Gasteiger partial charge is 0.333 e. The van der Waals surface area contributed by atoms with Crippen molar-refractivity contribution in [2.45, 2.75) is 71.0 Å². The zero-order chi connectivity index (χ0) is 17.8. The summed E-state index contributed by atoms with van der Waals surface area (Å²) in [7, 11) is 2.68. The third kappa shape index (κ3) is 4.29. The maximum atomic E-state index is 12.6. The summed E-state index contributed by atoms with van der Waals surface area (Å²) in [6.45, 7) is 7.35. The molecule has 0 radical (unpaired) electrons. The number of hydrogen-bond acceptors (Lipinski definition) is 5. The quantitative estimate of drug-likeness (QED) is 0.311. The first-order chi connectivity index (χ1) is 10.6. The Morgan fingerprint density at radius 3 is 1.91 bits per heavy atom. The molecule has 132 valence electrons. The second-order valence-electron chi connectivity index (χ2n) is 6.93. The summed E-state index contributed by atoms with van der Waals surface area (Å²) in [5.74, 6) is -1.35. The molecule has 0 aromatic rings. The minimum Gasteiger partial charge on any atom is -0.270 e. The predicted octanol–water partition coefficient (Wildman–Crippen LogP) is 2.49. The van der Waals surface area contributed by atoms with Gasteiger partial charge in [-0.15, -0.1) is 0 Å². The average Bonchev–Trinajstić information content (AvgIpc) is 2.49. The molecule has 0 N–H and O–H groups in total. The van der Waals surface area contributed by atoms with Crippen molar-refractivity contribution in [3.05, 3.63) is 0 Å². The van der Waals surface area contributed by atoms with E-state index in [0.717, 1.165) is 29.1 Å².